The van der Waals surface area contributed by atoms with Crippen molar-refractivity contribution in [3.8, 4) is 5.75 Å². The Hall–Kier alpha value is -1.01. The zero-order valence-corrected chi connectivity index (χ0v) is 13.0. The maximum absolute atomic E-state index is 12.1. The molecule has 0 saturated heterocycles. The Kier molecular flexibility index (Phi) is 4.75. The molecular weight excluding hydrogens is 353 g/mol. The van der Waals surface area contributed by atoms with E-state index in [-0.39, 0.29) is 10.6 Å². The molecule has 0 radical (unpaired) electrons. The van der Waals surface area contributed by atoms with Crippen LogP contribution in [0.25, 0.3) is 0 Å². The second-order valence-corrected chi connectivity index (χ2v) is 6.25. The van der Waals surface area contributed by atoms with Crippen LogP contribution in [0.4, 0.5) is 13.2 Å². The van der Waals surface area contributed by atoms with Crippen molar-refractivity contribution in [1.29, 1.82) is 0 Å². The highest BCUT2D eigenvalue weighted by atomic mass is 79.9. The number of alkyl halides is 4. The van der Waals surface area contributed by atoms with Crippen molar-refractivity contribution in [1.82, 2.24) is 0 Å². The van der Waals surface area contributed by atoms with E-state index in [1.54, 1.807) is 23.5 Å². The number of hydrogen-bond donors (Lipinski definition) is 0. The molecule has 20 heavy (non-hydrogen) atoms. The van der Waals surface area contributed by atoms with Crippen molar-refractivity contribution in [2.75, 3.05) is 0 Å². The predicted octanol–water partition coefficient (Wildman–Crippen LogP) is 5.69. The molecule has 0 saturated carbocycles. The lowest BCUT2D eigenvalue weighted by molar-refractivity contribution is -0.274. The van der Waals surface area contributed by atoms with Crippen molar-refractivity contribution >= 4 is 27.3 Å². The molecule has 0 bridgehead atoms. The highest BCUT2D eigenvalue weighted by Crippen LogP contribution is 2.36. The van der Waals surface area contributed by atoms with Gasteiger partial charge in [0.2, 0.25) is 0 Å². The van der Waals surface area contributed by atoms with E-state index in [0.717, 1.165) is 16.9 Å². The van der Waals surface area contributed by atoms with Crippen molar-refractivity contribution in [3.63, 3.8) is 0 Å². The maximum atomic E-state index is 12.1. The molecule has 0 aliphatic heterocycles. The molecular formula is C14H12BrF3OS. The van der Waals surface area contributed by atoms with E-state index in [9.17, 15) is 13.2 Å². The number of hydrogen-bond acceptors (Lipinski definition) is 2. The first-order valence-electron chi connectivity index (χ1n) is 5.97. The molecule has 1 atom stereocenters. The molecule has 1 heterocycles. The zero-order chi connectivity index (χ0) is 14.8. The molecule has 2 aromatic rings. The zero-order valence-electron chi connectivity index (χ0n) is 10.6. The molecule has 1 nitrogen and oxygen atoms in total. The summed E-state index contributed by atoms with van der Waals surface area (Å²) in [7, 11) is 0. The summed E-state index contributed by atoms with van der Waals surface area (Å²) in [5.41, 5.74) is 0.893. The number of halogens is 4. The lowest BCUT2D eigenvalue weighted by Gasteiger charge is -2.11. The van der Waals surface area contributed by atoms with E-state index in [2.05, 4.69) is 33.7 Å². The van der Waals surface area contributed by atoms with Crippen LogP contribution in [-0.4, -0.2) is 6.36 Å². The third kappa shape index (κ3) is 3.99. The lowest BCUT2D eigenvalue weighted by Crippen LogP contribution is -2.17. The van der Waals surface area contributed by atoms with Gasteiger partial charge in [-0.15, -0.1) is 24.5 Å². The Morgan fingerprint density at radius 1 is 1.15 bits per heavy atom. The van der Waals surface area contributed by atoms with E-state index < -0.39 is 6.36 Å². The minimum atomic E-state index is -4.65. The Bertz CT molecular complexity index is 563. The van der Waals surface area contributed by atoms with Crippen LogP contribution >= 0.6 is 27.3 Å². The molecule has 1 aromatic heterocycles. The van der Waals surface area contributed by atoms with Crippen LogP contribution < -0.4 is 4.74 Å². The quantitative estimate of drug-likeness (QED) is 0.632. The summed E-state index contributed by atoms with van der Waals surface area (Å²) >= 11 is 5.26. The largest absolute Gasteiger partial charge is 0.573 e. The van der Waals surface area contributed by atoms with E-state index >= 15 is 0 Å². The molecule has 1 unspecified atom stereocenters. The maximum Gasteiger partial charge on any atom is 0.573 e. The molecule has 0 aliphatic rings. The molecule has 0 spiro atoms. The summed E-state index contributed by atoms with van der Waals surface area (Å²) in [6.07, 6.45) is -3.68. The Morgan fingerprint density at radius 3 is 2.30 bits per heavy atom. The van der Waals surface area contributed by atoms with Gasteiger partial charge in [0.1, 0.15) is 5.75 Å². The van der Waals surface area contributed by atoms with Crippen LogP contribution in [0, 0.1) is 0 Å². The predicted molar refractivity (Wildman–Crippen MR) is 77.6 cm³/mol. The minimum absolute atomic E-state index is 0.0206. The van der Waals surface area contributed by atoms with Crippen LogP contribution in [0.15, 0.2) is 36.4 Å². The van der Waals surface area contributed by atoms with Gasteiger partial charge >= 0.3 is 6.36 Å². The average molecular weight is 365 g/mol. The van der Waals surface area contributed by atoms with Gasteiger partial charge in [-0.3, -0.25) is 0 Å². The molecule has 108 valence electrons. The third-order valence-electron chi connectivity index (χ3n) is 2.69. The summed E-state index contributed by atoms with van der Waals surface area (Å²) in [6.45, 7) is 2.09. The third-order valence-corrected chi connectivity index (χ3v) is 5.31. The van der Waals surface area contributed by atoms with E-state index in [4.69, 9.17) is 0 Å². The fourth-order valence-corrected chi connectivity index (χ4v) is 3.42. The molecule has 0 amide bonds. The Morgan fingerprint density at radius 2 is 1.80 bits per heavy atom. The summed E-state index contributed by atoms with van der Waals surface area (Å²) in [5.74, 6) is -0.207. The van der Waals surface area contributed by atoms with Crippen molar-refractivity contribution in [3.05, 3.63) is 51.7 Å². The normalized spacial score (nSPS) is 13.2. The van der Waals surface area contributed by atoms with Gasteiger partial charge in [-0.2, -0.15) is 0 Å². The number of thiophene rings is 1. The summed E-state index contributed by atoms with van der Waals surface area (Å²) in [4.78, 5) is 2.39. The monoisotopic (exact) mass is 364 g/mol. The molecule has 0 N–H and O–H groups in total. The number of aryl methyl sites for hydroxylation is 1. The number of benzene rings is 1. The van der Waals surface area contributed by atoms with Gasteiger partial charge in [-0.25, -0.2) is 0 Å². The van der Waals surface area contributed by atoms with E-state index in [0.29, 0.717) is 0 Å². The van der Waals surface area contributed by atoms with Crippen LogP contribution in [0.3, 0.4) is 0 Å². The summed E-state index contributed by atoms with van der Waals surface area (Å²) in [5, 5.41) is 0. The molecule has 2 rings (SSSR count). The Labute approximate surface area is 127 Å². The van der Waals surface area contributed by atoms with Gasteiger partial charge in [0.15, 0.2) is 0 Å². The lowest BCUT2D eigenvalue weighted by atomic mass is 10.1. The fraction of sp³-hybridized carbons (Fsp3) is 0.286. The van der Waals surface area contributed by atoms with E-state index in [1.165, 1.54) is 17.0 Å². The summed E-state index contributed by atoms with van der Waals surface area (Å²) in [6, 6.07) is 10.0. The van der Waals surface area contributed by atoms with Crippen LogP contribution in [0.5, 0.6) is 5.75 Å². The van der Waals surface area contributed by atoms with E-state index in [1.807, 2.05) is 6.07 Å². The molecule has 6 heteroatoms. The van der Waals surface area contributed by atoms with Crippen molar-refractivity contribution in [2.24, 2.45) is 0 Å². The average Bonchev–Trinajstić information content (AvgIpc) is 2.85. The van der Waals surface area contributed by atoms with Crippen LogP contribution in [0.1, 0.15) is 27.1 Å². The standard InChI is InChI=1S/C14H12BrF3OS/c1-2-11-7-8-12(20-11)13(15)9-3-5-10(6-4-9)19-14(16,17)18/h3-8,13H,2H2,1H3. The number of rotatable bonds is 4. The Balaban J connectivity index is 2.13. The highest BCUT2D eigenvalue weighted by Gasteiger charge is 2.31. The van der Waals surface area contributed by atoms with Gasteiger partial charge in [0.05, 0.1) is 4.83 Å². The van der Waals surface area contributed by atoms with Gasteiger partial charge in [0, 0.05) is 9.75 Å². The SMILES string of the molecule is CCc1ccc(C(Br)c2ccc(OC(F)(F)F)cc2)s1. The fourth-order valence-electron chi connectivity index (χ4n) is 1.72. The van der Waals surface area contributed by atoms with Crippen LogP contribution in [-0.2, 0) is 6.42 Å². The molecule has 0 aliphatic carbocycles. The highest BCUT2D eigenvalue weighted by molar-refractivity contribution is 9.09. The molecule has 0 fully saturated rings. The number of ether oxygens (including phenoxy) is 1. The first kappa shape index (κ1) is 15.4. The topological polar surface area (TPSA) is 9.23 Å². The van der Waals surface area contributed by atoms with Gasteiger partial charge in [-0.1, -0.05) is 35.0 Å². The molecule has 1 aromatic carbocycles. The first-order valence-corrected chi connectivity index (χ1v) is 7.70. The smallest absolute Gasteiger partial charge is 0.406 e. The van der Waals surface area contributed by atoms with Gasteiger partial charge in [0.25, 0.3) is 0 Å². The minimum Gasteiger partial charge on any atom is -0.406 e. The van der Waals surface area contributed by atoms with Crippen LogP contribution in [0.2, 0.25) is 0 Å². The van der Waals surface area contributed by atoms with Gasteiger partial charge < -0.3 is 4.74 Å². The van der Waals surface area contributed by atoms with Crippen molar-refractivity contribution < 1.29 is 17.9 Å². The summed E-state index contributed by atoms with van der Waals surface area (Å²) < 4.78 is 40.1. The second kappa shape index (κ2) is 6.18. The first-order chi connectivity index (χ1) is 9.39. The van der Waals surface area contributed by atoms with Gasteiger partial charge in [-0.05, 0) is 36.2 Å². The van der Waals surface area contributed by atoms with Crippen molar-refractivity contribution in [2.45, 2.75) is 24.5 Å². The second-order valence-electron chi connectivity index (χ2n) is 4.14.